The second kappa shape index (κ2) is 15.7. The highest BCUT2D eigenvalue weighted by atomic mass is 16.2. The summed E-state index contributed by atoms with van der Waals surface area (Å²) in [5, 5.41) is 9.01. The highest BCUT2D eigenvalue weighted by molar-refractivity contribution is 5.95. The van der Waals surface area contributed by atoms with Gasteiger partial charge in [0.1, 0.15) is 0 Å². The van der Waals surface area contributed by atoms with E-state index in [2.05, 4.69) is 103 Å². The monoisotopic (exact) mass is 755 g/mol. The van der Waals surface area contributed by atoms with Gasteiger partial charge in [0.2, 0.25) is 0 Å². The Kier molecular flexibility index (Phi) is 10.2. The van der Waals surface area contributed by atoms with E-state index in [4.69, 9.17) is 5.26 Å². The van der Waals surface area contributed by atoms with Crippen molar-refractivity contribution in [2.24, 2.45) is 0 Å². The van der Waals surface area contributed by atoms with Gasteiger partial charge in [0.25, 0.3) is 0 Å². The standard InChI is InChI=1S/C26H30N2O.C24H23N3O/c1-18(2)19-9-11-20(12-10-19)22-16-23-13-14-24(17-22)28(23)26(29)27-15-5-7-21-6-3-4-8-25(21)27;25-16-17-7-9-18(10-8-17)20-14-21-11-12-22(15-20)27(21)24(28)26-13-3-5-19-4-1-2-6-23(19)26/h3-4,6,8-12,16,18,23-24H,5,7,13-15,17H2,1-2H3;1-2,4,6-10,14,21-22H,3,5,11-13,15H2. The summed E-state index contributed by atoms with van der Waals surface area (Å²) < 4.78 is 0. The first-order valence-electron chi connectivity index (χ1n) is 21.2. The molecule has 0 saturated carbocycles. The summed E-state index contributed by atoms with van der Waals surface area (Å²) >= 11 is 0. The Bertz CT molecular complexity index is 2250. The van der Waals surface area contributed by atoms with Crippen molar-refractivity contribution in [1.29, 1.82) is 5.26 Å². The van der Waals surface area contributed by atoms with Crippen LogP contribution in [0.1, 0.15) is 105 Å². The number of nitriles is 1. The molecule has 290 valence electrons. The van der Waals surface area contributed by atoms with Gasteiger partial charge in [0.15, 0.2) is 0 Å². The van der Waals surface area contributed by atoms with E-state index in [9.17, 15) is 9.59 Å². The number of carbonyl (C=O) groups excluding carboxylic acids is 2. The normalized spacial score (nSPS) is 23.1. The molecule has 10 rings (SSSR count). The number of nitrogens with zero attached hydrogens (tertiary/aromatic N) is 5. The molecule has 6 aliphatic rings. The van der Waals surface area contributed by atoms with E-state index >= 15 is 0 Å². The van der Waals surface area contributed by atoms with Gasteiger partial charge in [-0.25, -0.2) is 9.59 Å². The van der Waals surface area contributed by atoms with Crippen LogP contribution in [0.25, 0.3) is 11.1 Å². The predicted octanol–water partition coefficient (Wildman–Crippen LogP) is 10.8. The maximum absolute atomic E-state index is 13.6. The zero-order chi connectivity index (χ0) is 39.0. The number of urea groups is 2. The highest BCUT2D eigenvalue weighted by Gasteiger charge is 2.43. The van der Waals surface area contributed by atoms with Crippen molar-refractivity contribution in [2.45, 2.75) is 108 Å². The minimum atomic E-state index is 0.162. The summed E-state index contributed by atoms with van der Waals surface area (Å²) in [6.45, 7) is 6.10. The number of rotatable bonds is 3. The molecule has 0 spiro atoms. The third-order valence-electron chi connectivity index (χ3n) is 13.2. The van der Waals surface area contributed by atoms with Crippen LogP contribution in [0.15, 0.2) is 109 Å². The number of amides is 4. The number of aryl methyl sites for hydroxylation is 2. The average Bonchev–Trinajstić information content (AvgIpc) is 3.68. The van der Waals surface area contributed by atoms with Gasteiger partial charge < -0.3 is 9.80 Å². The average molecular weight is 756 g/mol. The van der Waals surface area contributed by atoms with Gasteiger partial charge in [0, 0.05) is 36.5 Å². The summed E-state index contributed by atoms with van der Waals surface area (Å²) in [6.07, 6.45) is 15.0. The largest absolute Gasteiger partial charge is 0.325 e. The zero-order valence-electron chi connectivity index (χ0n) is 33.3. The lowest BCUT2D eigenvalue weighted by Crippen LogP contribution is -2.51. The van der Waals surface area contributed by atoms with Crippen molar-refractivity contribution in [1.82, 2.24) is 9.80 Å². The number of hydrogen-bond donors (Lipinski definition) is 0. The number of benzene rings is 4. The second-order valence-corrected chi connectivity index (χ2v) is 17.0. The first-order chi connectivity index (χ1) is 27.9. The molecular weight excluding hydrogens is 703 g/mol. The number of hydrogen-bond acceptors (Lipinski definition) is 3. The molecule has 4 amide bonds. The van der Waals surface area contributed by atoms with Crippen LogP contribution >= 0.6 is 0 Å². The summed E-state index contributed by atoms with van der Waals surface area (Å²) in [7, 11) is 0. The van der Waals surface area contributed by atoms with Crippen molar-refractivity contribution in [3.05, 3.63) is 143 Å². The van der Waals surface area contributed by atoms with Crippen molar-refractivity contribution in [2.75, 3.05) is 22.9 Å². The van der Waals surface area contributed by atoms with E-state index in [-0.39, 0.29) is 30.2 Å². The Morgan fingerprint density at radius 3 is 1.51 bits per heavy atom. The molecule has 4 unspecified atom stereocenters. The molecule has 6 heterocycles. The molecule has 0 aliphatic carbocycles. The smallest absolute Gasteiger partial charge is 0.315 e. The maximum Gasteiger partial charge on any atom is 0.325 e. The third-order valence-corrected chi connectivity index (χ3v) is 13.2. The molecule has 4 aromatic carbocycles. The SMILES string of the molecule is CC(C)c1ccc(C2=CC3CCC(C2)N3C(=O)N2CCCc3ccccc32)cc1.N#Cc1ccc(C2=CC3CCC(C2)N3C(=O)N2CCCc3ccccc32)cc1. The Labute approximate surface area is 337 Å². The second-order valence-electron chi connectivity index (χ2n) is 17.0. The van der Waals surface area contributed by atoms with Crippen LogP contribution in [0.4, 0.5) is 21.0 Å². The van der Waals surface area contributed by atoms with Crippen LogP contribution < -0.4 is 9.80 Å². The fourth-order valence-corrected chi connectivity index (χ4v) is 10.3. The van der Waals surface area contributed by atoms with Gasteiger partial charge in [0.05, 0.1) is 23.7 Å². The van der Waals surface area contributed by atoms with E-state index in [1.807, 2.05) is 46.2 Å². The first-order valence-corrected chi connectivity index (χ1v) is 21.2. The number of carbonyl (C=O) groups is 2. The molecule has 7 nitrogen and oxygen atoms in total. The number of para-hydroxylation sites is 2. The summed E-state index contributed by atoms with van der Waals surface area (Å²) in [4.78, 5) is 35.4. The molecule has 0 aromatic heterocycles. The van der Waals surface area contributed by atoms with Crippen molar-refractivity contribution in [3.8, 4) is 6.07 Å². The molecule has 57 heavy (non-hydrogen) atoms. The molecule has 0 radical (unpaired) electrons. The topological polar surface area (TPSA) is 70.9 Å². The van der Waals surface area contributed by atoms with E-state index in [0.717, 1.165) is 88.7 Å². The Morgan fingerprint density at radius 1 is 0.614 bits per heavy atom. The van der Waals surface area contributed by atoms with E-state index < -0.39 is 0 Å². The lowest BCUT2D eigenvalue weighted by atomic mass is 9.92. The van der Waals surface area contributed by atoms with Gasteiger partial charge in [-0.1, -0.05) is 98.8 Å². The highest BCUT2D eigenvalue weighted by Crippen LogP contribution is 2.42. The van der Waals surface area contributed by atoms with Crippen LogP contribution in [0.2, 0.25) is 0 Å². The van der Waals surface area contributed by atoms with Crippen LogP contribution in [0.3, 0.4) is 0 Å². The van der Waals surface area contributed by atoms with Crippen molar-refractivity contribution >= 4 is 34.6 Å². The lowest BCUT2D eigenvalue weighted by molar-refractivity contribution is 0.185. The predicted molar refractivity (Wildman–Crippen MR) is 229 cm³/mol. The molecular formula is C50H53N5O2. The molecule has 2 fully saturated rings. The van der Waals surface area contributed by atoms with Crippen LogP contribution in [0, 0.1) is 11.3 Å². The number of anilines is 2. The Morgan fingerprint density at radius 2 is 1.07 bits per heavy atom. The zero-order valence-corrected chi connectivity index (χ0v) is 33.3. The van der Waals surface area contributed by atoms with E-state index in [1.54, 1.807) is 0 Å². The molecule has 4 aromatic rings. The first kappa shape index (κ1) is 37.0. The minimum absolute atomic E-state index is 0.162. The van der Waals surface area contributed by atoms with Gasteiger partial charge in [-0.15, -0.1) is 0 Å². The lowest BCUT2D eigenvalue weighted by Gasteiger charge is -2.39. The Hall–Kier alpha value is -5.61. The summed E-state index contributed by atoms with van der Waals surface area (Å²) in [6, 6.07) is 37.1. The quantitative estimate of drug-likeness (QED) is 0.209. The van der Waals surface area contributed by atoms with Gasteiger partial charge >= 0.3 is 12.1 Å². The van der Waals surface area contributed by atoms with Crippen LogP contribution in [-0.4, -0.2) is 59.1 Å². The number of fused-ring (bicyclic) bond motifs is 6. The van der Waals surface area contributed by atoms with Gasteiger partial charge in [-0.3, -0.25) is 9.80 Å². The van der Waals surface area contributed by atoms with Crippen molar-refractivity contribution < 1.29 is 9.59 Å². The van der Waals surface area contributed by atoms with Gasteiger partial charge in [-0.05, 0) is 133 Å². The molecule has 7 heteroatoms. The molecule has 4 atom stereocenters. The molecule has 2 saturated heterocycles. The fraction of sp³-hybridized carbons (Fsp3) is 0.380. The molecule has 0 N–H and O–H groups in total. The van der Waals surface area contributed by atoms with Crippen LogP contribution in [0.5, 0.6) is 0 Å². The molecule has 6 aliphatic heterocycles. The van der Waals surface area contributed by atoms with Gasteiger partial charge in [-0.2, -0.15) is 5.26 Å². The van der Waals surface area contributed by atoms with E-state index in [0.29, 0.717) is 17.5 Å². The third kappa shape index (κ3) is 7.16. The van der Waals surface area contributed by atoms with E-state index in [1.165, 1.54) is 39.0 Å². The fourth-order valence-electron chi connectivity index (χ4n) is 10.3. The summed E-state index contributed by atoms with van der Waals surface area (Å²) in [5.41, 5.74) is 12.1. The van der Waals surface area contributed by atoms with Crippen molar-refractivity contribution in [3.63, 3.8) is 0 Å². The minimum Gasteiger partial charge on any atom is -0.315 e. The summed E-state index contributed by atoms with van der Waals surface area (Å²) in [5.74, 6) is 0.557. The maximum atomic E-state index is 13.6. The Balaban J connectivity index is 0.000000148. The van der Waals surface area contributed by atoms with Crippen LogP contribution in [-0.2, 0) is 12.8 Å². The molecule has 4 bridgehead atoms.